The normalized spacial score (nSPS) is 50.7. The van der Waals surface area contributed by atoms with E-state index < -0.39 is 42.5 Å². The minimum atomic E-state index is -1.90. The Kier molecular flexibility index (Phi) is 3.10. The summed E-state index contributed by atoms with van der Waals surface area (Å²) in [7, 11) is 0. The zero-order chi connectivity index (χ0) is 12.8. The summed E-state index contributed by atoms with van der Waals surface area (Å²) in [4.78, 5) is 10.9. The van der Waals surface area contributed by atoms with Crippen molar-refractivity contribution in [2.45, 2.75) is 43.4 Å². The van der Waals surface area contributed by atoms with Crippen LogP contribution in [0.1, 0.15) is 6.92 Å². The second-order valence-electron chi connectivity index (χ2n) is 4.19. The summed E-state index contributed by atoms with van der Waals surface area (Å²) in [6, 6.07) is 0. The summed E-state index contributed by atoms with van der Waals surface area (Å²) in [5.74, 6) is -3.24. The van der Waals surface area contributed by atoms with Crippen molar-refractivity contribution >= 4 is 5.97 Å². The van der Waals surface area contributed by atoms with Crippen LogP contribution in [-0.4, -0.2) is 69.5 Å². The van der Waals surface area contributed by atoms with Crippen LogP contribution in [0.25, 0.3) is 0 Å². The standard InChI is InChI=1S/C9H14O8/c1-9(8(13)14)15-2-3-6(17-9)4(10)5(11)7(12)16-3/h3-7,10-12H,2H2,1H3,(H,13,14)/t3-,4-,5+,6-,7+,9-/m1/s1. The second kappa shape index (κ2) is 4.16. The molecule has 17 heavy (non-hydrogen) atoms. The highest BCUT2D eigenvalue weighted by Crippen LogP contribution is 2.32. The number of aliphatic carboxylic acids is 1. The maximum Gasteiger partial charge on any atom is 0.364 e. The minimum absolute atomic E-state index is 0.158. The molecule has 0 saturated carbocycles. The Morgan fingerprint density at radius 2 is 1.94 bits per heavy atom. The van der Waals surface area contributed by atoms with E-state index in [0.717, 1.165) is 0 Å². The Morgan fingerprint density at radius 3 is 2.53 bits per heavy atom. The molecular weight excluding hydrogens is 236 g/mol. The molecule has 98 valence electrons. The van der Waals surface area contributed by atoms with E-state index in [-0.39, 0.29) is 6.61 Å². The van der Waals surface area contributed by atoms with Crippen molar-refractivity contribution in [3.63, 3.8) is 0 Å². The molecule has 0 bridgehead atoms. The molecule has 0 aromatic carbocycles. The molecule has 0 aromatic rings. The van der Waals surface area contributed by atoms with Gasteiger partial charge in [0.15, 0.2) is 6.29 Å². The van der Waals surface area contributed by atoms with Crippen molar-refractivity contribution in [3.05, 3.63) is 0 Å². The van der Waals surface area contributed by atoms with Gasteiger partial charge < -0.3 is 34.6 Å². The first kappa shape index (κ1) is 12.7. The molecule has 4 N–H and O–H groups in total. The van der Waals surface area contributed by atoms with Crippen molar-refractivity contribution in [1.29, 1.82) is 0 Å². The predicted molar refractivity (Wildman–Crippen MR) is 49.8 cm³/mol. The molecule has 8 nitrogen and oxygen atoms in total. The Balaban J connectivity index is 2.16. The number of carboxylic acids is 1. The highest BCUT2D eigenvalue weighted by atomic mass is 16.8. The fourth-order valence-electron chi connectivity index (χ4n) is 1.85. The van der Waals surface area contributed by atoms with Crippen LogP contribution in [0.15, 0.2) is 0 Å². The van der Waals surface area contributed by atoms with Crippen LogP contribution >= 0.6 is 0 Å². The lowest BCUT2D eigenvalue weighted by molar-refractivity contribution is -0.373. The van der Waals surface area contributed by atoms with Crippen LogP contribution < -0.4 is 0 Å². The lowest BCUT2D eigenvalue weighted by atomic mass is 9.97. The van der Waals surface area contributed by atoms with Crippen LogP contribution in [0.2, 0.25) is 0 Å². The van der Waals surface area contributed by atoms with Gasteiger partial charge in [-0.1, -0.05) is 0 Å². The SMILES string of the molecule is C[C@@]1(C(=O)O)OC[C@H]2O[C@H](O)[C@@H](O)[C@@H](O)[C@@H]2O1. The highest BCUT2D eigenvalue weighted by Gasteiger charge is 2.53. The van der Waals surface area contributed by atoms with Gasteiger partial charge in [-0.05, 0) is 0 Å². The quantitative estimate of drug-likeness (QED) is 0.407. The molecule has 2 aliphatic rings. The van der Waals surface area contributed by atoms with E-state index in [1.807, 2.05) is 0 Å². The first-order chi connectivity index (χ1) is 7.85. The average Bonchev–Trinajstić information content (AvgIpc) is 2.27. The molecule has 0 amide bonds. The number of hydrogen-bond donors (Lipinski definition) is 4. The Morgan fingerprint density at radius 1 is 1.29 bits per heavy atom. The minimum Gasteiger partial charge on any atom is -0.477 e. The van der Waals surface area contributed by atoms with Crippen LogP contribution in [0.3, 0.4) is 0 Å². The Bertz CT molecular complexity index is 318. The van der Waals surface area contributed by atoms with Crippen molar-refractivity contribution in [2.24, 2.45) is 0 Å². The van der Waals surface area contributed by atoms with E-state index in [2.05, 4.69) is 0 Å². The summed E-state index contributed by atoms with van der Waals surface area (Å²) >= 11 is 0. The summed E-state index contributed by atoms with van der Waals surface area (Å²) in [5, 5.41) is 37.3. The van der Waals surface area contributed by atoms with E-state index in [9.17, 15) is 20.1 Å². The third kappa shape index (κ3) is 2.03. The summed E-state index contributed by atoms with van der Waals surface area (Å²) in [5.41, 5.74) is 0. The van der Waals surface area contributed by atoms with Crippen LogP contribution in [0.4, 0.5) is 0 Å². The number of carbonyl (C=O) groups is 1. The topological polar surface area (TPSA) is 126 Å². The van der Waals surface area contributed by atoms with Gasteiger partial charge in [0, 0.05) is 6.92 Å². The molecule has 6 atom stereocenters. The molecule has 0 unspecified atom stereocenters. The van der Waals surface area contributed by atoms with Crippen molar-refractivity contribution in [1.82, 2.24) is 0 Å². The number of aliphatic hydroxyl groups is 3. The molecule has 0 aliphatic carbocycles. The third-order valence-electron chi connectivity index (χ3n) is 2.93. The lowest BCUT2D eigenvalue weighted by Gasteiger charge is -2.47. The number of aliphatic hydroxyl groups excluding tert-OH is 3. The molecular formula is C9H14O8. The largest absolute Gasteiger partial charge is 0.477 e. The number of fused-ring (bicyclic) bond motifs is 1. The molecule has 2 fully saturated rings. The van der Waals surface area contributed by atoms with E-state index >= 15 is 0 Å². The van der Waals surface area contributed by atoms with Crippen LogP contribution in [0.5, 0.6) is 0 Å². The van der Waals surface area contributed by atoms with E-state index in [1.165, 1.54) is 6.92 Å². The molecule has 8 heteroatoms. The molecule has 2 saturated heterocycles. The van der Waals surface area contributed by atoms with Gasteiger partial charge in [0.2, 0.25) is 0 Å². The zero-order valence-corrected chi connectivity index (χ0v) is 9.02. The smallest absolute Gasteiger partial charge is 0.364 e. The Hall–Kier alpha value is -0.770. The summed E-state index contributed by atoms with van der Waals surface area (Å²) < 4.78 is 15.0. The summed E-state index contributed by atoms with van der Waals surface area (Å²) in [6.45, 7) is 1.03. The molecule has 2 heterocycles. The van der Waals surface area contributed by atoms with Gasteiger partial charge in [-0.3, -0.25) is 0 Å². The van der Waals surface area contributed by atoms with Gasteiger partial charge >= 0.3 is 5.97 Å². The van der Waals surface area contributed by atoms with Gasteiger partial charge in [-0.15, -0.1) is 0 Å². The maximum atomic E-state index is 10.9. The number of rotatable bonds is 1. The average molecular weight is 250 g/mol. The highest BCUT2D eigenvalue weighted by molar-refractivity contribution is 5.75. The van der Waals surface area contributed by atoms with Crippen LogP contribution in [0, 0.1) is 0 Å². The third-order valence-corrected chi connectivity index (χ3v) is 2.93. The second-order valence-corrected chi connectivity index (χ2v) is 4.19. The zero-order valence-electron chi connectivity index (χ0n) is 9.02. The molecule has 2 aliphatic heterocycles. The van der Waals surface area contributed by atoms with E-state index in [1.54, 1.807) is 0 Å². The number of hydrogen-bond acceptors (Lipinski definition) is 7. The number of carboxylic acid groups (broad SMARTS) is 1. The van der Waals surface area contributed by atoms with Gasteiger partial charge in [-0.2, -0.15) is 0 Å². The molecule has 2 rings (SSSR count). The van der Waals surface area contributed by atoms with Crippen molar-refractivity contribution < 1.29 is 39.4 Å². The van der Waals surface area contributed by atoms with Gasteiger partial charge in [0.1, 0.15) is 24.4 Å². The van der Waals surface area contributed by atoms with Crippen molar-refractivity contribution in [2.75, 3.05) is 6.61 Å². The maximum absolute atomic E-state index is 10.9. The van der Waals surface area contributed by atoms with E-state index in [4.69, 9.17) is 19.3 Å². The predicted octanol–water partition coefficient (Wildman–Crippen LogP) is -2.36. The first-order valence-electron chi connectivity index (χ1n) is 5.10. The fraction of sp³-hybridized carbons (Fsp3) is 0.889. The van der Waals surface area contributed by atoms with Gasteiger partial charge in [0.25, 0.3) is 5.79 Å². The number of ether oxygens (including phenoxy) is 3. The van der Waals surface area contributed by atoms with Gasteiger partial charge in [0.05, 0.1) is 6.61 Å². The molecule has 0 aromatic heterocycles. The van der Waals surface area contributed by atoms with Gasteiger partial charge in [-0.25, -0.2) is 4.79 Å². The molecule has 0 radical (unpaired) electrons. The lowest BCUT2D eigenvalue weighted by Crippen LogP contribution is -2.66. The Labute approximate surface area is 96.3 Å². The summed E-state index contributed by atoms with van der Waals surface area (Å²) in [6.07, 6.45) is -6.43. The fourth-order valence-corrected chi connectivity index (χ4v) is 1.85. The van der Waals surface area contributed by atoms with Crippen molar-refractivity contribution in [3.8, 4) is 0 Å². The monoisotopic (exact) mass is 250 g/mol. The molecule has 0 spiro atoms. The first-order valence-corrected chi connectivity index (χ1v) is 5.10. The van der Waals surface area contributed by atoms with Crippen LogP contribution in [-0.2, 0) is 19.0 Å². The van der Waals surface area contributed by atoms with E-state index in [0.29, 0.717) is 0 Å².